The topological polar surface area (TPSA) is 84.9 Å². The van der Waals surface area contributed by atoms with Crippen LogP contribution in [0.4, 0.5) is 4.79 Å². The van der Waals surface area contributed by atoms with Crippen LogP contribution >= 0.6 is 0 Å². The Labute approximate surface area is 117 Å². The largest absolute Gasteiger partial charge is 0.463 e. The first-order valence-corrected chi connectivity index (χ1v) is 6.18. The molecule has 0 unspecified atom stereocenters. The molecule has 0 aromatic heterocycles. The molecule has 0 aliphatic heterocycles. The van der Waals surface area contributed by atoms with Gasteiger partial charge in [-0.25, -0.2) is 4.79 Å². The third-order valence-electron chi connectivity index (χ3n) is 2.56. The van der Waals surface area contributed by atoms with Gasteiger partial charge in [-0.15, -0.1) is 0 Å². The fraction of sp³-hybridized carbons (Fsp3) is 0.429. The van der Waals surface area contributed by atoms with Crippen LogP contribution in [0.5, 0.6) is 0 Å². The Morgan fingerprint density at radius 2 is 1.90 bits per heavy atom. The Kier molecular flexibility index (Phi) is 5.99. The Morgan fingerprint density at radius 3 is 2.45 bits per heavy atom. The van der Waals surface area contributed by atoms with Gasteiger partial charge < -0.3 is 19.9 Å². The summed E-state index contributed by atoms with van der Waals surface area (Å²) in [5, 5.41) is 11.8. The zero-order chi connectivity index (χ0) is 15.0. The lowest BCUT2D eigenvalue weighted by Crippen LogP contribution is -2.52. The average molecular weight is 281 g/mol. The van der Waals surface area contributed by atoms with E-state index in [2.05, 4.69) is 5.32 Å². The van der Waals surface area contributed by atoms with Gasteiger partial charge >= 0.3 is 12.1 Å². The van der Waals surface area contributed by atoms with Crippen LogP contribution in [0.15, 0.2) is 30.3 Å². The van der Waals surface area contributed by atoms with Crippen LogP contribution < -0.4 is 5.32 Å². The van der Waals surface area contributed by atoms with Gasteiger partial charge in [0.15, 0.2) is 0 Å². The summed E-state index contributed by atoms with van der Waals surface area (Å²) in [4.78, 5) is 22.4. The van der Waals surface area contributed by atoms with Crippen molar-refractivity contribution in [3.8, 4) is 0 Å². The van der Waals surface area contributed by atoms with Crippen LogP contribution in [-0.2, 0) is 20.9 Å². The van der Waals surface area contributed by atoms with Crippen molar-refractivity contribution in [1.82, 2.24) is 5.32 Å². The van der Waals surface area contributed by atoms with Crippen LogP contribution in [0.3, 0.4) is 0 Å². The van der Waals surface area contributed by atoms with Crippen molar-refractivity contribution in [1.29, 1.82) is 0 Å². The summed E-state index contributed by atoms with van der Waals surface area (Å²) in [6.07, 6.45) is -0.683. The molecule has 2 N–H and O–H groups in total. The molecular weight excluding hydrogens is 262 g/mol. The first-order valence-electron chi connectivity index (χ1n) is 6.18. The maximum atomic E-state index is 11.7. The van der Waals surface area contributed by atoms with E-state index in [1.165, 1.54) is 6.92 Å². The minimum Gasteiger partial charge on any atom is -0.463 e. The van der Waals surface area contributed by atoms with Crippen molar-refractivity contribution in [2.45, 2.75) is 26.0 Å². The number of rotatable bonds is 6. The predicted molar refractivity (Wildman–Crippen MR) is 71.9 cm³/mol. The van der Waals surface area contributed by atoms with Gasteiger partial charge in [-0.1, -0.05) is 30.3 Å². The lowest BCUT2D eigenvalue weighted by molar-refractivity contribution is -0.143. The maximum absolute atomic E-state index is 11.7. The number of benzene rings is 1. The summed E-state index contributed by atoms with van der Waals surface area (Å²) in [7, 11) is 0. The minimum absolute atomic E-state index is 0.126. The minimum atomic E-state index is -1.07. The summed E-state index contributed by atoms with van der Waals surface area (Å²) < 4.78 is 9.82. The smallest absolute Gasteiger partial charge is 0.408 e. The van der Waals surface area contributed by atoms with Crippen LogP contribution in [0.1, 0.15) is 19.4 Å². The fourth-order valence-corrected chi connectivity index (χ4v) is 1.39. The molecule has 1 amide bonds. The molecule has 0 radical (unpaired) electrons. The van der Waals surface area contributed by atoms with E-state index in [-0.39, 0.29) is 19.8 Å². The molecule has 0 bridgehead atoms. The normalized spacial score (nSPS) is 13.2. The van der Waals surface area contributed by atoms with Gasteiger partial charge in [-0.3, -0.25) is 4.79 Å². The van der Waals surface area contributed by atoms with Crippen LogP contribution in [-0.4, -0.2) is 35.9 Å². The Balaban J connectivity index is 2.44. The molecule has 0 spiro atoms. The van der Waals surface area contributed by atoms with Gasteiger partial charge in [0.05, 0.1) is 12.1 Å². The molecule has 110 valence electrons. The Morgan fingerprint density at radius 1 is 1.25 bits per heavy atom. The van der Waals surface area contributed by atoms with E-state index in [1.807, 2.05) is 30.3 Å². The number of carbonyl (C=O) groups excluding carboxylic acids is 2. The van der Waals surface area contributed by atoms with Crippen molar-refractivity contribution in [2.75, 3.05) is 13.2 Å². The second-order valence-corrected chi connectivity index (χ2v) is 4.69. The Hall–Kier alpha value is -2.08. The van der Waals surface area contributed by atoms with Gasteiger partial charge in [0.1, 0.15) is 13.2 Å². The molecule has 6 heteroatoms. The molecule has 6 nitrogen and oxygen atoms in total. The standard InChI is InChI=1S/C14H19NO5/c1-11(17)20-10-14(2,9-16)15-13(18)19-8-12-6-4-3-5-7-12/h3-7,16H,8-10H2,1-2H3,(H,15,18)/t14-/m1/s1. The SMILES string of the molecule is CC(=O)OC[C@@](C)(CO)NC(=O)OCc1ccccc1. The van der Waals surface area contributed by atoms with E-state index in [0.717, 1.165) is 5.56 Å². The number of carbonyl (C=O) groups is 2. The number of alkyl carbamates (subject to hydrolysis) is 1. The molecule has 0 fully saturated rings. The van der Waals surface area contributed by atoms with E-state index in [4.69, 9.17) is 9.47 Å². The van der Waals surface area contributed by atoms with Crippen LogP contribution in [0, 0.1) is 0 Å². The number of ether oxygens (including phenoxy) is 2. The van der Waals surface area contributed by atoms with Gasteiger partial charge in [-0.2, -0.15) is 0 Å². The summed E-state index contributed by atoms with van der Waals surface area (Å²) >= 11 is 0. The summed E-state index contributed by atoms with van der Waals surface area (Å²) in [5.41, 5.74) is -0.215. The lowest BCUT2D eigenvalue weighted by atomic mass is 10.1. The first-order chi connectivity index (χ1) is 9.45. The molecule has 0 heterocycles. The summed E-state index contributed by atoms with van der Waals surface area (Å²) in [6.45, 7) is 2.44. The summed E-state index contributed by atoms with van der Waals surface area (Å²) in [5.74, 6) is -0.482. The molecule has 0 aliphatic carbocycles. The quantitative estimate of drug-likeness (QED) is 0.766. The van der Waals surface area contributed by atoms with Crippen molar-refractivity contribution in [3.63, 3.8) is 0 Å². The molecule has 1 atom stereocenters. The number of nitrogens with one attached hydrogen (secondary N) is 1. The second kappa shape index (κ2) is 7.49. The lowest BCUT2D eigenvalue weighted by Gasteiger charge is -2.27. The number of hydrogen-bond acceptors (Lipinski definition) is 5. The molecule has 20 heavy (non-hydrogen) atoms. The number of esters is 1. The van der Waals surface area contributed by atoms with E-state index >= 15 is 0 Å². The summed E-state index contributed by atoms with van der Waals surface area (Å²) in [6, 6.07) is 9.21. The fourth-order valence-electron chi connectivity index (χ4n) is 1.39. The van der Waals surface area contributed by atoms with E-state index in [0.29, 0.717) is 0 Å². The predicted octanol–water partition coefficient (Wildman–Crippen LogP) is 1.23. The third-order valence-corrected chi connectivity index (χ3v) is 2.56. The highest BCUT2D eigenvalue weighted by atomic mass is 16.6. The highest BCUT2D eigenvalue weighted by Gasteiger charge is 2.28. The van der Waals surface area contributed by atoms with Gasteiger partial charge in [0.25, 0.3) is 0 Å². The number of amides is 1. The van der Waals surface area contributed by atoms with Crippen LogP contribution in [0.25, 0.3) is 0 Å². The maximum Gasteiger partial charge on any atom is 0.408 e. The molecule has 0 saturated heterocycles. The molecule has 1 aromatic carbocycles. The van der Waals surface area contributed by atoms with Gasteiger partial charge in [-0.05, 0) is 12.5 Å². The molecule has 0 aliphatic rings. The highest BCUT2D eigenvalue weighted by molar-refractivity contribution is 5.69. The van der Waals surface area contributed by atoms with Gasteiger partial charge in [0, 0.05) is 6.92 Å². The zero-order valence-electron chi connectivity index (χ0n) is 11.6. The van der Waals surface area contributed by atoms with Gasteiger partial charge in [0.2, 0.25) is 0 Å². The second-order valence-electron chi connectivity index (χ2n) is 4.69. The third kappa shape index (κ3) is 5.71. The van der Waals surface area contributed by atoms with Crippen molar-refractivity contribution >= 4 is 12.1 Å². The van der Waals surface area contributed by atoms with Crippen LogP contribution in [0.2, 0.25) is 0 Å². The van der Waals surface area contributed by atoms with E-state index in [9.17, 15) is 14.7 Å². The average Bonchev–Trinajstić information content (AvgIpc) is 2.44. The first kappa shape index (κ1) is 16.0. The van der Waals surface area contributed by atoms with E-state index < -0.39 is 17.6 Å². The number of aliphatic hydroxyl groups is 1. The van der Waals surface area contributed by atoms with Crippen molar-refractivity contribution in [3.05, 3.63) is 35.9 Å². The number of hydrogen-bond donors (Lipinski definition) is 2. The molecular formula is C14H19NO5. The molecule has 1 rings (SSSR count). The molecule has 1 aromatic rings. The highest BCUT2D eigenvalue weighted by Crippen LogP contribution is 2.06. The Bertz CT molecular complexity index is 448. The van der Waals surface area contributed by atoms with E-state index in [1.54, 1.807) is 6.92 Å². The van der Waals surface area contributed by atoms with Crippen molar-refractivity contribution in [2.24, 2.45) is 0 Å². The number of aliphatic hydroxyl groups excluding tert-OH is 1. The molecule has 0 saturated carbocycles. The zero-order valence-corrected chi connectivity index (χ0v) is 11.6. The monoisotopic (exact) mass is 281 g/mol. The van der Waals surface area contributed by atoms with Crippen molar-refractivity contribution < 1.29 is 24.2 Å².